The molecule has 1 aromatic rings. The quantitative estimate of drug-likeness (QED) is 0.654. The van der Waals surface area contributed by atoms with Gasteiger partial charge in [0.05, 0.1) is 26.1 Å². The Kier molecular flexibility index (Phi) is 3.18. The van der Waals surface area contributed by atoms with Crippen LogP contribution in [0.3, 0.4) is 0 Å². The van der Waals surface area contributed by atoms with Crippen molar-refractivity contribution in [2.45, 2.75) is 13.8 Å². The predicted molar refractivity (Wildman–Crippen MR) is 71.2 cm³/mol. The summed E-state index contributed by atoms with van der Waals surface area (Å²) in [5.74, 6) is -0.851. The van der Waals surface area contributed by atoms with E-state index in [1.807, 2.05) is 30.3 Å². The molecular weight excluding hydrogens is 226 g/mol. The summed E-state index contributed by atoms with van der Waals surface area (Å²) in [4.78, 5) is 0. The van der Waals surface area contributed by atoms with Crippen molar-refractivity contribution in [1.29, 1.82) is 0 Å². The lowest BCUT2D eigenvalue weighted by atomic mass is 10.1. The third-order valence-corrected chi connectivity index (χ3v) is 3.98. The van der Waals surface area contributed by atoms with Gasteiger partial charge in [-0.3, -0.25) is 4.48 Å². The molecule has 0 heterocycles. The van der Waals surface area contributed by atoms with Crippen molar-refractivity contribution < 1.29 is 14.7 Å². The van der Waals surface area contributed by atoms with E-state index in [9.17, 15) is 10.2 Å². The number of nitrogens with zero attached hydrogens (tertiary/aromatic N) is 1. The third kappa shape index (κ3) is 1.81. The molecule has 96 valence electrons. The van der Waals surface area contributed by atoms with Crippen LogP contribution in [0.2, 0.25) is 0 Å². The van der Waals surface area contributed by atoms with Crippen LogP contribution in [-0.4, -0.2) is 29.7 Å². The van der Waals surface area contributed by atoms with Crippen LogP contribution in [-0.2, 0) is 0 Å². The topological polar surface area (TPSA) is 43.3 Å². The van der Waals surface area contributed by atoms with E-state index in [-0.39, 0.29) is 0 Å². The number of allylic oxidation sites excluding steroid dienone is 2. The predicted octanol–water partition coefficient (Wildman–Crippen LogP) is 2.11. The van der Waals surface area contributed by atoms with Gasteiger partial charge in [0.1, 0.15) is 5.70 Å². The van der Waals surface area contributed by atoms with Gasteiger partial charge in [0, 0.05) is 17.2 Å². The summed E-state index contributed by atoms with van der Waals surface area (Å²) in [7, 11) is 2.15. The summed E-state index contributed by atoms with van der Waals surface area (Å²) in [6, 6.07) is 7.75. The lowest BCUT2D eigenvalue weighted by molar-refractivity contribution is -0.835. The average Bonchev–Trinajstić information content (AvgIpc) is 2.78. The second kappa shape index (κ2) is 4.50. The SMILES string of the molecule is CC[N+](C)(CC)C1=C/C(=C(/[O-])O)c2ccccc21. The Morgan fingerprint density at radius 1 is 1.17 bits per heavy atom. The summed E-state index contributed by atoms with van der Waals surface area (Å²) in [6.07, 6.45) is 1.83. The number of hydrogen-bond acceptors (Lipinski definition) is 2. The normalized spacial score (nSPS) is 17.4. The van der Waals surface area contributed by atoms with Crippen molar-refractivity contribution in [1.82, 2.24) is 0 Å². The summed E-state index contributed by atoms with van der Waals surface area (Å²) in [5, 5.41) is 20.6. The molecule has 1 aliphatic rings. The number of aliphatic hydroxyl groups excluding tert-OH is 1. The Bertz CT molecular complexity index is 521. The van der Waals surface area contributed by atoms with Crippen LogP contribution in [0.4, 0.5) is 0 Å². The zero-order chi connectivity index (χ0) is 13.3. The molecule has 0 atom stereocenters. The molecule has 0 spiro atoms. The highest BCUT2D eigenvalue weighted by atomic mass is 16.5. The first-order valence-corrected chi connectivity index (χ1v) is 6.30. The van der Waals surface area contributed by atoms with Gasteiger partial charge >= 0.3 is 0 Å². The van der Waals surface area contributed by atoms with E-state index < -0.39 is 5.95 Å². The Morgan fingerprint density at radius 3 is 2.22 bits per heavy atom. The number of quaternary nitrogens is 1. The summed E-state index contributed by atoms with van der Waals surface area (Å²) in [6.45, 7) is 6.16. The summed E-state index contributed by atoms with van der Waals surface area (Å²) in [5.41, 5.74) is 3.41. The minimum atomic E-state index is -0.851. The maximum atomic E-state index is 11.3. The van der Waals surface area contributed by atoms with Crippen LogP contribution in [0, 0.1) is 0 Å². The molecular formula is C15H19NO2. The fourth-order valence-electron chi connectivity index (χ4n) is 2.42. The van der Waals surface area contributed by atoms with Gasteiger partial charge in [-0.25, -0.2) is 0 Å². The Balaban J connectivity index is 2.64. The van der Waals surface area contributed by atoms with Crippen LogP contribution < -0.4 is 5.11 Å². The molecule has 0 amide bonds. The standard InChI is InChI=1S/C15H19NO2/c1-4-16(3,5-2)14-10-13(15(17)18)11-8-6-7-9-12(11)14/h6-10H,4-5H2,1-3H3,(H-,17,18). The van der Waals surface area contributed by atoms with Crippen molar-refractivity contribution in [2.75, 3.05) is 20.1 Å². The van der Waals surface area contributed by atoms with Crippen LogP contribution in [0.25, 0.3) is 11.3 Å². The van der Waals surface area contributed by atoms with E-state index in [1.165, 1.54) is 0 Å². The van der Waals surface area contributed by atoms with Crippen LogP contribution in [0.1, 0.15) is 25.0 Å². The number of fused-ring (bicyclic) bond motifs is 1. The lowest BCUT2D eigenvalue weighted by Crippen LogP contribution is -2.41. The number of rotatable bonds is 3. The van der Waals surface area contributed by atoms with E-state index >= 15 is 0 Å². The minimum Gasteiger partial charge on any atom is -0.629 e. The number of benzene rings is 1. The second-order valence-electron chi connectivity index (χ2n) is 4.82. The second-order valence-corrected chi connectivity index (χ2v) is 4.82. The van der Waals surface area contributed by atoms with Gasteiger partial charge < -0.3 is 10.2 Å². The number of aliphatic hydroxyl groups is 1. The molecule has 0 saturated carbocycles. The molecule has 0 aromatic heterocycles. The van der Waals surface area contributed by atoms with Crippen molar-refractivity contribution >= 4 is 11.3 Å². The first-order valence-electron chi connectivity index (χ1n) is 6.30. The van der Waals surface area contributed by atoms with E-state index in [0.717, 1.165) is 34.4 Å². The summed E-state index contributed by atoms with van der Waals surface area (Å²) >= 11 is 0. The molecule has 3 heteroatoms. The first-order chi connectivity index (χ1) is 8.53. The molecule has 1 aliphatic carbocycles. The molecule has 0 unspecified atom stereocenters. The zero-order valence-electron chi connectivity index (χ0n) is 11.1. The minimum absolute atomic E-state index is 0.409. The monoisotopic (exact) mass is 245 g/mol. The van der Waals surface area contributed by atoms with E-state index in [2.05, 4.69) is 20.9 Å². The molecule has 0 aliphatic heterocycles. The highest BCUT2D eigenvalue weighted by molar-refractivity contribution is 5.93. The largest absolute Gasteiger partial charge is 0.629 e. The summed E-state index contributed by atoms with van der Waals surface area (Å²) < 4.78 is 0.758. The van der Waals surface area contributed by atoms with Gasteiger partial charge in [-0.2, -0.15) is 0 Å². The van der Waals surface area contributed by atoms with E-state index in [4.69, 9.17) is 0 Å². The highest BCUT2D eigenvalue weighted by Gasteiger charge is 2.32. The van der Waals surface area contributed by atoms with Gasteiger partial charge in [-0.15, -0.1) is 0 Å². The van der Waals surface area contributed by atoms with Gasteiger partial charge in [-0.05, 0) is 25.5 Å². The smallest absolute Gasteiger partial charge is 0.141 e. The molecule has 1 aromatic carbocycles. The molecule has 2 rings (SSSR count). The highest BCUT2D eigenvalue weighted by Crippen LogP contribution is 2.40. The molecule has 18 heavy (non-hydrogen) atoms. The van der Waals surface area contributed by atoms with E-state index in [0.29, 0.717) is 5.57 Å². The zero-order valence-corrected chi connectivity index (χ0v) is 11.1. The Morgan fingerprint density at radius 2 is 1.72 bits per heavy atom. The van der Waals surface area contributed by atoms with Crippen LogP contribution in [0.5, 0.6) is 0 Å². The third-order valence-electron chi connectivity index (χ3n) is 3.98. The molecule has 0 saturated heterocycles. The van der Waals surface area contributed by atoms with E-state index in [1.54, 1.807) is 0 Å². The Hall–Kier alpha value is -1.74. The van der Waals surface area contributed by atoms with Crippen molar-refractivity contribution in [3.63, 3.8) is 0 Å². The molecule has 0 bridgehead atoms. The fraction of sp³-hybridized carbons (Fsp3) is 0.333. The molecule has 0 radical (unpaired) electrons. The average molecular weight is 245 g/mol. The van der Waals surface area contributed by atoms with Crippen LogP contribution >= 0.6 is 0 Å². The van der Waals surface area contributed by atoms with Crippen LogP contribution in [0.15, 0.2) is 36.3 Å². The van der Waals surface area contributed by atoms with Gasteiger partial charge in [0.15, 0.2) is 0 Å². The lowest BCUT2D eigenvalue weighted by Gasteiger charge is -2.33. The van der Waals surface area contributed by atoms with Crippen molar-refractivity contribution in [3.8, 4) is 0 Å². The van der Waals surface area contributed by atoms with Gasteiger partial charge in [-0.1, -0.05) is 18.2 Å². The van der Waals surface area contributed by atoms with Crippen molar-refractivity contribution in [2.24, 2.45) is 0 Å². The first kappa shape index (κ1) is 12.7. The fourth-order valence-corrected chi connectivity index (χ4v) is 2.42. The molecule has 0 fully saturated rings. The Labute approximate surface area is 108 Å². The van der Waals surface area contributed by atoms with Gasteiger partial charge in [0.25, 0.3) is 0 Å². The maximum Gasteiger partial charge on any atom is 0.141 e. The number of hydrogen-bond donors (Lipinski definition) is 1. The van der Waals surface area contributed by atoms with Crippen molar-refractivity contribution in [3.05, 3.63) is 47.4 Å². The maximum absolute atomic E-state index is 11.3. The molecule has 3 nitrogen and oxygen atoms in total. The molecule has 1 N–H and O–H groups in total. The van der Waals surface area contributed by atoms with Gasteiger partial charge in [0.2, 0.25) is 0 Å².